The first-order chi connectivity index (χ1) is 4.86. The Balaban J connectivity index is 2.23. The van der Waals surface area contributed by atoms with Crippen molar-refractivity contribution < 1.29 is 5.11 Å². The predicted octanol–water partition coefficient (Wildman–Crippen LogP) is 1.43. The molecule has 0 spiro atoms. The van der Waals surface area contributed by atoms with E-state index in [4.69, 9.17) is 10.5 Å². The highest BCUT2D eigenvalue weighted by Crippen LogP contribution is 2.26. The number of hydrogen-bond donors (Lipinski definition) is 2. The maximum absolute atomic E-state index is 8.79. The van der Waals surface area contributed by atoms with Crippen molar-refractivity contribution in [2.24, 2.45) is 11.8 Å². The lowest BCUT2D eigenvalue weighted by molar-refractivity contribution is 0.181. The minimum atomic E-state index is 0.338. The van der Waals surface area contributed by atoms with Crippen LogP contribution in [0.2, 0.25) is 0 Å². The highest BCUT2D eigenvalue weighted by atomic mass is 16.3. The second-order valence-electron chi connectivity index (χ2n) is 3.13. The van der Waals surface area contributed by atoms with Crippen LogP contribution in [0.15, 0.2) is 0 Å². The fourth-order valence-corrected chi connectivity index (χ4v) is 1.54. The van der Waals surface area contributed by atoms with Crippen molar-refractivity contribution >= 4 is 6.21 Å². The normalized spacial score (nSPS) is 33.7. The van der Waals surface area contributed by atoms with E-state index in [1.165, 1.54) is 0 Å². The van der Waals surface area contributed by atoms with Crippen LogP contribution in [0.4, 0.5) is 0 Å². The molecule has 2 heteroatoms. The Hall–Kier alpha value is -0.370. The summed E-state index contributed by atoms with van der Waals surface area (Å²) in [6.07, 6.45) is 5.98. The molecule has 1 rings (SSSR count). The lowest BCUT2D eigenvalue weighted by Crippen LogP contribution is -2.17. The topological polar surface area (TPSA) is 44.1 Å². The lowest BCUT2D eigenvalue weighted by Gasteiger charge is -2.23. The third kappa shape index (κ3) is 1.81. The van der Waals surface area contributed by atoms with Crippen molar-refractivity contribution in [3.63, 3.8) is 0 Å². The SMILES string of the molecule is N=CC1CCC(CO)CC1. The van der Waals surface area contributed by atoms with E-state index in [0.717, 1.165) is 25.7 Å². The van der Waals surface area contributed by atoms with Gasteiger partial charge in [0.1, 0.15) is 0 Å². The minimum absolute atomic E-state index is 0.338. The zero-order valence-electron chi connectivity index (χ0n) is 6.21. The Kier molecular flexibility index (Phi) is 2.87. The van der Waals surface area contributed by atoms with Gasteiger partial charge in [-0.05, 0) is 43.7 Å². The Labute approximate surface area is 61.8 Å². The second kappa shape index (κ2) is 3.71. The number of nitrogens with one attached hydrogen (secondary N) is 1. The molecule has 2 N–H and O–H groups in total. The van der Waals surface area contributed by atoms with Crippen molar-refractivity contribution in [3.05, 3.63) is 0 Å². The molecule has 0 aromatic rings. The van der Waals surface area contributed by atoms with Crippen molar-refractivity contribution in [1.82, 2.24) is 0 Å². The summed E-state index contributed by atoms with van der Waals surface area (Å²) in [5.41, 5.74) is 0. The molecule has 0 heterocycles. The number of hydrogen-bond acceptors (Lipinski definition) is 2. The zero-order chi connectivity index (χ0) is 7.40. The molecule has 1 fully saturated rings. The predicted molar refractivity (Wildman–Crippen MR) is 41.3 cm³/mol. The van der Waals surface area contributed by atoms with Crippen LogP contribution in [0.1, 0.15) is 25.7 Å². The van der Waals surface area contributed by atoms with Crippen molar-refractivity contribution in [1.29, 1.82) is 5.41 Å². The van der Waals surface area contributed by atoms with Gasteiger partial charge in [0.05, 0.1) is 0 Å². The summed E-state index contributed by atoms with van der Waals surface area (Å²) in [6, 6.07) is 0. The standard InChI is InChI=1S/C8H15NO/c9-5-7-1-3-8(6-10)4-2-7/h5,7-10H,1-4,6H2. The van der Waals surface area contributed by atoms with Crippen LogP contribution in [0.25, 0.3) is 0 Å². The van der Waals surface area contributed by atoms with E-state index in [-0.39, 0.29) is 0 Å². The van der Waals surface area contributed by atoms with Crippen LogP contribution in [0.3, 0.4) is 0 Å². The van der Waals surface area contributed by atoms with Gasteiger partial charge < -0.3 is 10.5 Å². The first kappa shape index (κ1) is 7.73. The average Bonchev–Trinajstić information content (AvgIpc) is 2.05. The minimum Gasteiger partial charge on any atom is -0.396 e. The van der Waals surface area contributed by atoms with E-state index in [1.54, 1.807) is 6.21 Å². The molecule has 10 heavy (non-hydrogen) atoms. The Morgan fingerprint density at radius 2 is 1.90 bits per heavy atom. The molecule has 2 nitrogen and oxygen atoms in total. The van der Waals surface area contributed by atoms with Crippen LogP contribution in [0, 0.1) is 17.2 Å². The largest absolute Gasteiger partial charge is 0.396 e. The van der Waals surface area contributed by atoms with E-state index in [2.05, 4.69) is 0 Å². The quantitative estimate of drug-likeness (QED) is 0.561. The smallest absolute Gasteiger partial charge is 0.0459 e. The molecule has 58 valence electrons. The lowest BCUT2D eigenvalue weighted by atomic mass is 9.83. The highest BCUT2D eigenvalue weighted by molar-refractivity contribution is 5.56. The van der Waals surface area contributed by atoms with Gasteiger partial charge in [-0.1, -0.05) is 0 Å². The Morgan fingerprint density at radius 3 is 2.30 bits per heavy atom. The van der Waals surface area contributed by atoms with Crippen molar-refractivity contribution in [3.8, 4) is 0 Å². The third-order valence-corrected chi connectivity index (χ3v) is 2.39. The van der Waals surface area contributed by atoms with Crippen LogP contribution in [-0.4, -0.2) is 17.9 Å². The summed E-state index contributed by atoms with van der Waals surface area (Å²) in [7, 11) is 0. The molecule has 0 saturated heterocycles. The summed E-state index contributed by atoms with van der Waals surface area (Å²) < 4.78 is 0. The van der Waals surface area contributed by atoms with E-state index < -0.39 is 0 Å². The summed E-state index contributed by atoms with van der Waals surface area (Å²) in [4.78, 5) is 0. The maximum atomic E-state index is 8.79. The summed E-state index contributed by atoms with van der Waals surface area (Å²) >= 11 is 0. The maximum Gasteiger partial charge on any atom is 0.0459 e. The third-order valence-electron chi connectivity index (χ3n) is 2.39. The summed E-state index contributed by atoms with van der Waals surface area (Å²) in [6.45, 7) is 0.338. The first-order valence-corrected chi connectivity index (χ1v) is 3.98. The van der Waals surface area contributed by atoms with Gasteiger partial charge in [-0.25, -0.2) is 0 Å². The summed E-state index contributed by atoms with van der Waals surface area (Å²) in [5.74, 6) is 1.03. The fraction of sp³-hybridized carbons (Fsp3) is 0.875. The molecule has 0 atom stereocenters. The zero-order valence-corrected chi connectivity index (χ0v) is 6.21. The summed E-state index contributed by atoms with van der Waals surface area (Å²) in [5, 5.41) is 15.8. The molecule has 1 saturated carbocycles. The fourth-order valence-electron chi connectivity index (χ4n) is 1.54. The van der Waals surface area contributed by atoms with Gasteiger partial charge in [-0.3, -0.25) is 0 Å². The highest BCUT2D eigenvalue weighted by Gasteiger charge is 2.18. The number of rotatable bonds is 2. The van der Waals surface area contributed by atoms with Gasteiger partial charge in [0.15, 0.2) is 0 Å². The molecule has 0 aliphatic heterocycles. The molecule has 0 unspecified atom stereocenters. The van der Waals surface area contributed by atoms with Crippen LogP contribution >= 0.6 is 0 Å². The first-order valence-electron chi connectivity index (χ1n) is 3.98. The Bertz CT molecular complexity index is 106. The number of aliphatic hydroxyl groups is 1. The molecule has 0 bridgehead atoms. The molecule has 0 aromatic carbocycles. The molecule has 0 amide bonds. The molecular formula is C8H15NO. The van der Waals surface area contributed by atoms with Crippen LogP contribution in [-0.2, 0) is 0 Å². The van der Waals surface area contributed by atoms with Crippen molar-refractivity contribution in [2.75, 3.05) is 6.61 Å². The Morgan fingerprint density at radius 1 is 1.30 bits per heavy atom. The molecule has 1 aliphatic carbocycles. The van der Waals surface area contributed by atoms with Crippen LogP contribution < -0.4 is 0 Å². The van der Waals surface area contributed by atoms with E-state index in [0.29, 0.717) is 18.4 Å². The van der Waals surface area contributed by atoms with Gasteiger partial charge >= 0.3 is 0 Å². The molecule has 1 aliphatic rings. The average molecular weight is 141 g/mol. The van der Waals surface area contributed by atoms with Crippen molar-refractivity contribution in [2.45, 2.75) is 25.7 Å². The second-order valence-corrected chi connectivity index (χ2v) is 3.13. The monoisotopic (exact) mass is 141 g/mol. The van der Waals surface area contributed by atoms with E-state index in [1.807, 2.05) is 0 Å². The van der Waals surface area contributed by atoms with Gasteiger partial charge in [0, 0.05) is 6.61 Å². The van der Waals surface area contributed by atoms with Gasteiger partial charge in [-0.2, -0.15) is 0 Å². The number of aliphatic hydroxyl groups excluding tert-OH is 1. The van der Waals surface area contributed by atoms with E-state index in [9.17, 15) is 0 Å². The van der Waals surface area contributed by atoms with Gasteiger partial charge in [-0.15, -0.1) is 0 Å². The van der Waals surface area contributed by atoms with Gasteiger partial charge in [0.25, 0.3) is 0 Å². The molecular weight excluding hydrogens is 126 g/mol. The van der Waals surface area contributed by atoms with Gasteiger partial charge in [0.2, 0.25) is 0 Å². The van der Waals surface area contributed by atoms with E-state index >= 15 is 0 Å². The van der Waals surface area contributed by atoms with Crippen LogP contribution in [0.5, 0.6) is 0 Å². The molecule has 0 aromatic heterocycles. The molecule has 0 radical (unpaired) electrons.